The second-order valence-corrected chi connectivity index (χ2v) is 10.0. The van der Waals surface area contributed by atoms with Gasteiger partial charge in [-0.2, -0.15) is 0 Å². The highest BCUT2D eigenvalue weighted by atomic mass is 79.9. The molecule has 0 amide bonds. The largest absolute Gasteiger partial charge is 0.493 e. The maximum Gasteiger partial charge on any atom is 0.314 e. The van der Waals surface area contributed by atoms with E-state index >= 15 is 0 Å². The number of hydrogen-bond acceptors (Lipinski definition) is 8. The number of aromatic nitrogens is 2. The molecule has 2 heterocycles. The molecular weight excluding hydrogens is 568 g/mol. The molecule has 6 rings (SSSR count). The average molecular weight is 593 g/mol. The number of aromatic amines is 1. The summed E-state index contributed by atoms with van der Waals surface area (Å²) in [6.45, 7) is 0.128. The van der Waals surface area contributed by atoms with Gasteiger partial charge in [0.15, 0.2) is 23.0 Å². The number of carbonyl (C=O) groups is 1. The summed E-state index contributed by atoms with van der Waals surface area (Å²) in [5.41, 5.74) is 4.80. The fourth-order valence-corrected chi connectivity index (χ4v) is 5.72. The molecule has 39 heavy (non-hydrogen) atoms. The summed E-state index contributed by atoms with van der Waals surface area (Å²) in [6, 6.07) is 13.3. The molecule has 10 heteroatoms. The Kier molecular flexibility index (Phi) is 6.34. The van der Waals surface area contributed by atoms with Crippen molar-refractivity contribution in [3.63, 3.8) is 0 Å². The minimum Gasteiger partial charge on any atom is -0.493 e. The number of methoxy groups -OCH3 is 4. The van der Waals surface area contributed by atoms with Crippen molar-refractivity contribution in [2.45, 2.75) is 5.92 Å². The fourth-order valence-electron chi connectivity index (χ4n) is 5.36. The molecule has 0 saturated carbocycles. The Morgan fingerprint density at radius 3 is 2.36 bits per heavy atom. The molecule has 0 radical (unpaired) electrons. The van der Waals surface area contributed by atoms with E-state index in [2.05, 4.69) is 20.9 Å². The smallest absolute Gasteiger partial charge is 0.314 e. The van der Waals surface area contributed by atoms with E-state index < -0.39 is 17.8 Å². The van der Waals surface area contributed by atoms with E-state index in [0.717, 1.165) is 32.2 Å². The molecule has 0 fully saturated rings. The molecule has 2 aliphatic rings. The minimum absolute atomic E-state index is 0.128. The Balaban J connectivity index is 1.63. The summed E-state index contributed by atoms with van der Waals surface area (Å²) in [7, 11) is 6.05. The van der Waals surface area contributed by atoms with Gasteiger partial charge in [-0.25, -0.2) is 4.98 Å². The first-order valence-electron chi connectivity index (χ1n) is 12.1. The van der Waals surface area contributed by atoms with Crippen molar-refractivity contribution in [3.05, 3.63) is 69.5 Å². The Hall–Kier alpha value is -4.18. The third-order valence-electron chi connectivity index (χ3n) is 7.11. The number of nitrogens with one attached hydrogen (secondary N) is 1. The Labute approximate surface area is 232 Å². The molecule has 4 aromatic rings. The van der Waals surface area contributed by atoms with Crippen LogP contribution in [0.15, 0.2) is 46.9 Å². The van der Waals surface area contributed by atoms with Crippen LogP contribution in [0, 0.1) is 5.92 Å². The van der Waals surface area contributed by atoms with E-state index in [-0.39, 0.29) is 6.79 Å². The number of benzene rings is 3. The maximum atomic E-state index is 13.6. The number of ether oxygens (including phenoxy) is 6. The summed E-state index contributed by atoms with van der Waals surface area (Å²) < 4.78 is 34.5. The van der Waals surface area contributed by atoms with Gasteiger partial charge in [0, 0.05) is 16.0 Å². The topological polar surface area (TPSA) is 101 Å². The third kappa shape index (κ3) is 4.15. The molecule has 2 atom stereocenters. The van der Waals surface area contributed by atoms with Crippen LogP contribution >= 0.6 is 15.9 Å². The van der Waals surface area contributed by atoms with Crippen molar-refractivity contribution in [2.75, 3.05) is 35.2 Å². The van der Waals surface area contributed by atoms with Gasteiger partial charge in [0.05, 0.1) is 45.4 Å². The van der Waals surface area contributed by atoms with Gasteiger partial charge in [-0.3, -0.25) is 4.79 Å². The normalized spacial score (nSPS) is 17.4. The van der Waals surface area contributed by atoms with Gasteiger partial charge in [-0.15, -0.1) is 0 Å². The fraction of sp³-hybridized carbons (Fsp3) is 0.241. The number of esters is 1. The molecule has 1 aliphatic carbocycles. The molecule has 0 unspecified atom stereocenters. The standard InChI is InChI=1S/C29H25BrN2O7/c1-34-23-9-15(10-24(35-2)27(23)36-3)25-17-12-22-21(38-13-39-22)8-14(17)7-18(26(25)29(33)37-4)28-31-19-6-5-16(30)11-20(19)32-28/h5-12,25-26H,13H2,1-4H3,(H,31,32)/t25-,26+/m1/s1. The van der Waals surface area contributed by atoms with Crippen molar-refractivity contribution in [1.82, 2.24) is 9.97 Å². The molecule has 3 aromatic carbocycles. The zero-order valence-corrected chi connectivity index (χ0v) is 23.2. The molecule has 0 bridgehead atoms. The van der Waals surface area contributed by atoms with Crippen LogP contribution in [0.3, 0.4) is 0 Å². The second kappa shape index (κ2) is 9.85. The number of nitrogens with zero attached hydrogens (tertiary/aromatic N) is 1. The number of H-pyrrole nitrogens is 1. The summed E-state index contributed by atoms with van der Waals surface area (Å²) in [5, 5.41) is 0. The molecule has 200 valence electrons. The lowest BCUT2D eigenvalue weighted by molar-refractivity contribution is -0.143. The molecule has 0 spiro atoms. The van der Waals surface area contributed by atoms with E-state index in [1.165, 1.54) is 7.11 Å². The second-order valence-electron chi connectivity index (χ2n) is 9.12. The van der Waals surface area contributed by atoms with Crippen molar-refractivity contribution in [1.29, 1.82) is 0 Å². The summed E-state index contributed by atoms with van der Waals surface area (Å²) in [5.74, 6) is 1.55. The van der Waals surface area contributed by atoms with Crippen molar-refractivity contribution in [2.24, 2.45) is 5.92 Å². The van der Waals surface area contributed by atoms with Crippen molar-refractivity contribution >= 4 is 44.6 Å². The molecular formula is C29H25BrN2O7. The SMILES string of the molecule is COC(=O)[C@H]1C(c2nc3ccc(Br)cc3[nH]2)=Cc2cc3c(cc2[C@H]1c1cc(OC)c(OC)c(OC)c1)OCO3. The lowest BCUT2D eigenvalue weighted by atomic mass is 9.71. The highest BCUT2D eigenvalue weighted by Gasteiger charge is 2.42. The van der Waals surface area contributed by atoms with Gasteiger partial charge in [0.2, 0.25) is 12.5 Å². The Morgan fingerprint density at radius 1 is 0.974 bits per heavy atom. The summed E-state index contributed by atoms with van der Waals surface area (Å²) >= 11 is 3.52. The van der Waals surface area contributed by atoms with Crippen LogP contribution in [0.1, 0.15) is 28.4 Å². The van der Waals surface area contributed by atoms with E-state index in [1.54, 1.807) is 21.3 Å². The monoisotopic (exact) mass is 592 g/mol. The quantitative estimate of drug-likeness (QED) is 0.291. The maximum absolute atomic E-state index is 13.6. The molecule has 0 saturated heterocycles. The van der Waals surface area contributed by atoms with E-state index in [4.69, 9.17) is 33.4 Å². The van der Waals surface area contributed by atoms with Gasteiger partial charge in [-0.05, 0) is 65.2 Å². The van der Waals surface area contributed by atoms with Crippen LogP contribution in [-0.4, -0.2) is 51.2 Å². The Bertz CT molecular complexity index is 1620. The van der Waals surface area contributed by atoms with Gasteiger partial charge in [0.1, 0.15) is 5.82 Å². The highest BCUT2D eigenvalue weighted by Crippen LogP contribution is 2.52. The zero-order chi connectivity index (χ0) is 27.3. The van der Waals surface area contributed by atoms with Gasteiger partial charge < -0.3 is 33.4 Å². The third-order valence-corrected chi connectivity index (χ3v) is 7.60. The molecule has 1 aromatic heterocycles. The molecule has 9 nitrogen and oxygen atoms in total. The van der Waals surface area contributed by atoms with Gasteiger partial charge >= 0.3 is 5.97 Å². The number of imidazole rings is 1. The van der Waals surface area contributed by atoms with E-state index in [1.807, 2.05) is 48.5 Å². The van der Waals surface area contributed by atoms with E-state index in [0.29, 0.717) is 40.1 Å². The van der Waals surface area contributed by atoms with Crippen LogP contribution in [0.2, 0.25) is 0 Å². The minimum atomic E-state index is -0.755. The van der Waals surface area contributed by atoms with Crippen molar-refractivity contribution < 1.29 is 33.2 Å². The predicted molar refractivity (Wildman–Crippen MR) is 148 cm³/mol. The molecule has 1 aliphatic heterocycles. The van der Waals surface area contributed by atoms with Gasteiger partial charge in [0.25, 0.3) is 0 Å². The predicted octanol–water partition coefficient (Wildman–Crippen LogP) is 5.56. The van der Waals surface area contributed by atoms with E-state index in [9.17, 15) is 4.79 Å². The average Bonchev–Trinajstić information content (AvgIpc) is 3.59. The number of hydrogen-bond donors (Lipinski definition) is 1. The first-order chi connectivity index (χ1) is 18.9. The Morgan fingerprint density at radius 2 is 1.69 bits per heavy atom. The van der Waals surface area contributed by atoms with Gasteiger partial charge in [-0.1, -0.05) is 15.9 Å². The lowest BCUT2D eigenvalue weighted by Crippen LogP contribution is -2.29. The molecule has 1 N–H and O–H groups in total. The van der Waals surface area contributed by atoms with Crippen LogP contribution in [-0.2, 0) is 9.53 Å². The van der Waals surface area contributed by atoms with Crippen LogP contribution in [0.4, 0.5) is 0 Å². The zero-order valence-electron chi connectivity index (χ0n) is 21.7. The van der Waals surface area contributed by atoms with Crippen LogP contribution in [0.5, 0.6) is 28.7 Å². The number of fused-ring (bicyclic) bond motifs is 3. The summed E-state index contributed by atoms with van der Waals surface area (Å²) in [6.07, 6.45) is 1.96. The highest BCUT2D eigenvalue weighted by molar-refractivity contribution is 9.10. The lowest BCUT2D eigenvalue weighted by Gasteiger charge is -2.33. The summed E-state index contributed by atoms with van der Waals surface area (Å²) in [4.78, 5) is 21.8. The first kappa shape index (κ1) is 25.1. The first-order valence-corrected chi connectivity index (χ1v) is 12.9. The van der Waals surface area contributed by atoms with Crippen LogP contribution < -0.4 is 23.7 Å². The number of halogens is 1. The number of carbonyl (C=O) groups excluding carboxylic acids is 1. The van der Waals surface area contributed by atoms with Crippen molar-refractivity contribution in [3.8, 4) is 28.7 Å². The number of rotatable bonds is 6. The van der Waals surface area contributed by atoms with Crippen LogP contribution in [0.25, 0.3) is 22.7 Å².